The first-order valence-corrected chi connectivity index (χ1v) is 8.25. The highest BCUT2D eigenvalue weighted by Gasteiger charge is 2.19. The number of carbonyl (C=O) groups excluding carboxylic acids is 1. The molecule has 0 amide bonds. The van der Waals surface area contributed by atoms with Gasteiger partial charge in [0, 0.05) is 6.42 Å². The van der Waals surface area contributed by atoms with Crippen LogP contribution in [0.2, 0.25) is 0 Å². The van der Waals surface area contributed by atoms with E-state index in [1.165, 1.54) is 5.56 Å². The van der Waals surface area contributed by atoms with Crippen LogP contribution in [0.15, 0.2) is 54.6 Å². The quantitative estimate of drug-likeness (QED) is 0.747. The van der Waals surface area contributed by atoms with Crippen LogP contribution in [0, 0.1) is 0 Å². The Hall–Kier alpha value is -2.29. The predicted octanol–water partition coefficient (Wildman–Crippen LogP) is 4.29. The van der Waals surface area contributed by atoms with Crippen molar-refractivity contribution in [3.8, 4) is 5.75 Å². The van der Waals surface area contributed by atoms with E-state index >= 15 is 0 Å². The molecule has 1 atom stereocenters. The van der Waals surface area contributed by atoms with Crippen LogP contribution in [0.4, 0.5) is 0 Å². The van der Waals surface area contributed by atoms with Crippen LogP contribution in [0.25, 0.3) is 0 Å². The second-order valence-corrected chi connectivity index (χ2v) is 5.96. The lowest BCUT2D eigenvalue weighted by molar-refractivity contribution is -0.153. The molecule has 3 heteroatoms. The van der Waals surface area contributed by atoms with E-state index in [1.807, 2.05) is 30.3 Å². The maximum Gasteiger partial charge on any atom is 0.306 e. The van der Waals surface area contributed by atoms with Gasteiger partial charge < -0.3 is 9.47 Å². The molecule has 3 rings (SSSR count). The third-order valence-corrected chi connectivity index (χ3v) is 4.13. The minimum Gasteiger partial charge on any atom is -0.489 e. The van der Waals surface area contributed by atoms with Crippen LogP contribution < -0.4 is 4.74 Å². The number of hydrogen-bond acceptors (Lipinski definition) is 3. The van der Waals surface area contributed by atoms with Crippen molar-refractivity contribution >= 4 is 5.97 Å². The standard InChI is InChI=1S/C20H22O3/c21-20-8-4-7-19(23-20)14-11-16-9-12-18(13-10-16)22-15-17-5-2-1-3-6-17/h1-3,5-6,9-10,12-13,19H,4,7-8,11,14-15H2/t19-/m1/s1. The minimum absolute atomic E-state index is 0.0501. The lowest BCUT2D eigenvalue weighted by Crippen LogP contribution is -2.23. The summed E-state index contributed by atoms with van der Waals surface area (Å²) in [7, 11) is 0. The summed E-state index contributed by atoms with van der Waals surface area (Å²) in [5.74, 6) is 0.826. The Balaban J connectivity index is 1.46. The Morgan fingerprint density at radius 3 is 2.52 bits per heavy atom. The molecule has 2 aromatic rings. The van der Waals surface area contributed by atoms with Gasteiger partial charge in [-0.2, -0.15) is 0 Å². The van der Waals surface area contributed by atoms with Gasteiger partial charge in [-0.3, -0.25) is 4.79 Å². The number of benzene rings is 2. The molecule has 0 saturated carbocycles. The van der Waals surface area contributed by atoms with E-state index in [-0.39, 0.29) is 12.1 Å². The van der Waals surface area contributed by atoms with E-state index in [9.17, 15) is 4.79 Å². The van der Waals surface area contributed by atoms with Gasteiger partial charge in [-0.15, -0.1) is 0 Å². The van der Waals surface area contributed by atoms with Crippen molar-refractivity contribution in [1.29, 1.82) is 0 Å². The SMILES string of the molecule is O=C1CCC[C@H](CCc2ccc(OCc3ccccc3)cc2)O1. The molecule has 1 aliphatic heterocycles. The molecule has 1 heterocycles. The van der Waals surface area contributed by atoms with Crippen molar-refractivity contribution in [2.75, 3.05) is 0 Å². The van der Waals surface area contributed by atoms with Gasteiger partial charge in [-0.1, -0.05) is 42.5 Å². The second kappa shape index (κ2) is 7.82. The smallest absolute Gasteiger partial charge is 0.306 e. The molecule has 2 aromatic carbocycles. The van der Waals surface area contributed by atoms with Gasteiger partial charge in [0.1, 0.15) is 18.5 Å². The zero-order chi connectivity index (χ0) is 15.9. The maximum absolute atomic E-state index is 11.3. The first-order valence-electron chi connectivity index (χ1n) is 8.25. The summed E-state index contributed by atoms with van der Waals surface area (Å²) >= 11 is 0. The fourth-order valence-corrected chi connectivity index (χ4v) is 2.80. The Kier molecular flexibility index (Phi) is 5.30. The zero-order valence-electron chi connectivity index (χ0n) is 13.2. The first kappa shape index (κ1) is 15.6. The highest BCUT2D eigenvalue weighted by atomic mass is 16.5. The zero-order valence-corrected chi connectivity index (χ0v) is 13.2. The number of carbonyl (C=O) groups is 1. The summed E-state index contributed by atoms with van der Waals surface area (Å²) < 4.78 is 11.1. The normalized spacial score (nSPS) is 17.6. The summed E-state index contributed by atoms with van der Waals surface area (Å²) in [6, 6.07) is 18.3. The highest BCUT2D eigenvalue weighted by Crippen LogP contribution is 2.20. The topological polar surface area (TPSA) is 35.5 Å². The Morgan fingerprint density at radius 1 is 1.00 bits per heavy atom. The first-order chi connectivity index (χ1) is 11.3. The molecule has 0 aromatic heterocycles. The molecule has 1 saturated heterocycles. The van der Waals surface area contributed by atoms with E-state index in [0.717, 1.165) is 37.0 Å². The number of cyclic esters (lactones) is 1. The molecule has 120 valence electrons. The average molecular weight is 310 g/mol. The van der Waals surface area contributed by atoms with Gasteiger partial charge in [0.05, 0.1) is 0 Å². The summed E-state index contributed by atoms with van der Waals surface area (Å²) in [6.07, 6.45) is 4.43. The second-order valence-electron chi connectivity index (χ2n) is 5.96. The van der Waals surface area contributed by atoms with E-state index in [4.69, 9.17) is 9.47 Å². The fourth-order valence-electron chi connectivity index (χ4n) is 2.80. The fraction of sp³-hybridized carbons (Fsp3) is 0.350. The summed E-state index contributed by atoms with van der Waals surface area (Å²) in [5.41, 5.74) is 2.41. The highest BCUT2D eigenvalue weighted by molar-refractivity contribution is 5.70. The van der Waals surface area contributed by atoms with E-state index in [0.29, 0.717) is 13.0 Å². The van der Waals surface area contributed by atoms with Crippen LogP contribution >= 0.6 is 0 Å². The number of hydrogen-bond donors (Lipinski definition) is 0. The molecule has 1 aliphatic rings. The molecule has 0 aliphatic carbocycles. The van der Waals surface area contributed by atoms with Crippen molar-refractivity contribution < 1.29 is 14.3 Å². The van der Waals surface area contributed by atoms with Crippen LogP contribution in [0.3, 0.4) is 0 Å². The van der Waals surface area contributed by atoms with Gasteiger partial charge in [-0.25, -0.2) is 0 Å². The Bertz CT molecular complexity index is 619. The largest absolute Gasteiger partial charge is 0.489 e. The van der Waals surface area contributed by atoms with E-state index in [2.05, 4.69) is 24.3 Å². The van der Waals surface area contributed by atoms with Gasteiger partial charge >= 0.3 is 5.97 Å². The van der Waals surface area contributed by atoms with E-state index in [1.54, 1.807) is 0 Å². The van der Waals surface area contributed by atoms with Gasteiger partial charge in [0.15, 0.2) is 0 Å². The maximum atomic E-state index is 11.3. The van der Waals surface area contributed by atoms with Gasteiger partial charge in [0.25, 0.3) is 0 Å². The molecular formula is C20H22O3. The van der Waals surface area contributed by atoms with Crippen molar-refractivity contribution in [3.63, 3.8) is 0 Å². The molecule has 0 N–H and O–H groups in total. The lowest BCUT2D eigenvalue weighted by Gasteiger charge is -2.22. The number of esters is 1. The Labute approximate surface area is 137 Å². The third-order valence-electron chi connectivity index (χ3n) is 4.13. The lowest BCUT2D eigenvalue weighted by atomic mass is 10.0. The predicted molar refractivity (Wildman–Crippen MR) is 89.3 cm³/mol. The van der Waals surface area contributed by atoms with Crippen LogP contribution in [0.1, 0.15) is 36.8 Å². The van der Waals surface area contributed by atoms with E-state index < -0.39 is 0 Å². The summed E-state index contributed by atoms with van der Waals surface area (Å²) in [5, 5.41) is 0. The Morgan fingerprint density at radius 2 is 1.78 bits per heavy atom. The van der Waals surface area contributed by atoms with Crippen molar-refractivity contribution in [2.24, 2.45) is 0 Å². The molecule has 23 heavy (non-hydrogen) atoms. The molecule has 0 unspecified atom stereocenters. The van der Waals surface area contributed by atoms with Crippen molar-refractivity contribution in [3.05, 3.63) is 65.7 Å². The molecule has 1 fully saturated rings. The molecule has 0 bridgehead atoms. The average Bonchev–Trinajstić information content (AvgIpc) is 2.60. The molecule has 3 nitrogen and oxygen atoms in total. The van der Waals surface area contributed by atoms with Crippen LogP contribution in [-0.4, -0.2) is 12.1 Å². The monoisotopic (exact) mass is 310 g/mol. The number of rotatable bonds is 6. The van der Waals surface area contributed by atoms with Crippen molar-refractivity contribution in [2.45, 2.75) is 44.8 Å². The number of ether oxygens (including phenoxy) is 2. The van der Waals surface area contributed by atoms with Crippen molar-refractivity contribution in [1.82, 2.24) is 0 Å². The molecule has 0 spiro atoms. The van der Waals surface area contributed by atoms with Crippen LogP contribution in [0.5, 0.6) is 5.75 Å². The summed E-state index contributed by atoms with van der Waals surface area (Å²) in [6.45, 7) is 0.582. The summed E-state index contributed by atoms with van der Waals surface area (Å²) in [4.78, 5) is 11.3. The van der Waals surface area contributed by atoms with Gasteiger partial charge in [-0.05, 0) is 48.9 Å². The minimum atomic E-state index is -0.0501. The van der Waals surface area contributed by atoms with Crippen LogP contribution in [-0.2, 0) is 22.6 Å². The third kappa shape index (κ3) is 4.85. The number of aryl methyl sites for hydroxylation is 1. The molecular weight excluding hydrogens is 288 g/mol. The molecule has 0 radical (unpaired) electrons. The van der Waals surface area contributed by atoms with Gasteiger partial charge in [0.2, 0.25) is 0 Å².